The zero-order valence-electron chi connectivity index (χ0n) is 13.7. The third-order valence-electron chi connectivity index (χ3n) is 4.19. The number of fused-ring (bicyclic) bond motifs is 1. The third kappa shape index (κ3) is 2.87. The van der Waals surface area contributed by atoms with Crippen molar-refractivity contribution in [2.45, 2.75) is 26.7 Å². The summed E-state index contributed by atoms with van der Waals surface area (Å²) in [5.41, 5.74) is 5.06. The summed E-state index contributed by atoms with van der Waals surface area (Å²) in [6.07, 6.45) is 2.13. The molecule has 2 aromatic heterocycles. The van der Waals surface area contributed by atoms with Gasteiger partial charge in [0.1, 0.15) is 10.0 Å². The van der Waals surface area contributed by atoms with Gasteiger partial charge in [-0.3, -0.25) is 0 Å². The van der Waals surface area contributed by atoms with Crippen molar-refractivity contribution in [1.82, 2.24) is 9.97 Å². The van der Waals surface area contributed by atoms with Crippen LogP contribution < -0.4 is 0 Å². The molecule has 0 atom stereocenters. The van der Waals surface area contributed by atoms with Crippen molar-refractivity contribution in [3.05, 3.63) is 59.7 Å². The summed E-state index contributed by atoms with van der Waals surface area (Å²) in [4.78, 5) is 11.6. The molecule has 4 heteroatoms. The Balaban J connectivity index is 1.66. The van der Waals surface area contributed by atoms with E-state index in [4.69, 9.17) is 9.97 Å². The van der Waals surface area contributed by atoms with Crippen molar-refractivity contribution in [1.29, 1.82) is 0 Å². The normalized spacial score (nSPS) is 11.2. The van der Waals surface area contributed by atoms with Crippen LogP contribution in [0.4, 0.5) is 0 Å². The van der Waals surface area contributed by atoms with Gasteiger partial charge in [0.15, 0.2) is 9.66 Å². The second-order valence-corrected chi connectivity index (χ2v) is 7.70. The second kappa shape index (κ2) is 6.46. The molecule has 0 aliphatic rings. The first-order valence-corrected chi connectivity index (χ1v) is 9.86. The highest BCUT2D eigenvalue weighted by Crippen LogP contribution is 2.36. The molecule has 0 unspecified atom stereocenters. The maximum atomic E-state index is 4.79. The second-order valence-electron chi connectivity index (χ2n) is 5.75. The molecule has 0 N–H and O–H groups in total. The van der Waals surface area contributed by atoms with E-state index >= 15 is 0 Å². The molecule has 24 heavy (non-hydrogen) atoms. The van der Waals surface area contributed by atoms with Gasteiger partial charge in [0.05, 0.1) is 0 Å². The predicted molar refractivity (Wildman–Crippen MR) is 105 cm³/mol. The van der Waals surface area contributed by atoms with Crippen LogP contribution in [0.15, 0.2) is 48.5 Å². The number of thiazole rings is 2. The Morgan fingerprint density at radius 2 is 1.00 bits per heavy atom. The van der Waals surface area contributed by atoms with Crippen LogP contribution in [0.3, 0.4) is 0 Å². The van der Waals surface area contributed by atoms with Crippen molar-refractivity contribution in [2.24, 2.45) is 0 Å². The van der Waals surface area contributed by atoms with Crippen molar-refractivity contribution in [3.63, 3.8) is 0 Å². The first-order valence-electron chi connectivity index (χ1n) is 8.22. The highest BCUT2D eigenvalue weighted by atomic mass is 32.1. The molecule has 0 aliphatic carbocycles. The van der Waals surface area contributed by atoms with Crippen LogP contribution in [-0.2, 0) is 12.8 Å². The van der Waals surface area contributed by atoms with Crippen LogP contribution in [0.25, 0.3) is 30.8 Å². The Kier molecular flexibility index (Phi) is 4.17. The number of hydrogen-bond acceptors (Lipinski definition) is 4. The Bertz CT molecular complexity index is 855. The first-order chi connectivity index (χ1) is 11.8. The predicted octanol–water partition coefficient (Wildman–Crippen LogP) is 6.21. The lowest BCUT2D eigenvalue weighted by Crippen LogP contribution is -1.81. The molecule has 0 amide bonds. The quantitative estimate of drug-likeness (QED) is 0.437. The number of rotatable bonds is 4. The minimum atomic E-state index is 1.03. The molecule has 4 aromatic rings. The molecule has 0 aliphatic heterocycles. The fourth-order valence-corrected chi connectivity index (χ4v) is 4.71. The summed E-state index contributed by atoms with van der Waals surface area (Å²) in [5.74, 6) is 0. The van der Waals surface area contributed by atoms with Gasteiger partial charge in [-0.25, -0.2) is 9.97 Å². The van der Waals surface area contributed by atoms with Crippen molar-refractivity contribution >= 4 is 32.3 Å². The third-order valence-corrected chi connectivity index (χ3v) is 6.32. The smallest absolute Gasteiger partial charge is 0.155 e. The number of aromatic nitrogens is 2. The Labute approximate surface area is 149 Å². The van der Waals surface area contributed by atoms with Crippen molar-refractivity contribution in [2.75, 3.05) is 0 Å². The summed E-state index contributed by atoms with van der Waals surface area (Å²) in [5, 5.41) is 2.11. The summed E-state index contributed by atoms with van der Waals surface area (Å²) >= 11 is 3.35. The van der Waals surface area contributed by atoms with Crippen molar-refractivity contribution < 1.29 is 0 Å². The molecule has 0 spiro atoms. The van der Waals surface area contributed by atoms with Crippen molar-refractivity contribution in [3.8, 4) is 21.1 Å². The van der Waals surface area contributed by atoms with Crippen LogP contribution in [0.2, 0.25) is 0 Å². The van der Waals surface area contributed by atoms with Gasteiger partial charge >= 0.3 is 0 Å². The van der Waals surface area contributed by atoms with Crippen LogP contribution >= 0.6 is 22.7 Å². The highest BCUT2D eigenvalue weighted by Gasteiger charge is 2.13. The lowest BCUT2D eigenvalue weighted by atomic mass is 10.1. The molecular weight excluding hydrogens is 332 g/mol. The average molecular weight is 351 g/mol. The minimum absolute atomic E-state index is 1.03. The maximum absolute atomic E-state index is 4.79. The largest absolute Gasteiger partial charge is 0.223 e. The Hall–Kier alpha value is -2.04. The zero-order chi connectivity index (χ0) is 16.5. The van der Waals surface area contributed by atoms with Crippen LogP contribution in [0.5, 0.6) is 0 Å². The van der Waals surface area contributed by atoms with Gasteiger partial charge in [-0.15, -0.1) is 0 Å². The van der Waals surface area contributed by atoms with E-state index in [1.54, 1.807) is 22.7 Å². The molecule has 0 fully saturated rings. The van der Waals surface area contributed by atoms with E-state index in [0.717, 1.165) is 32.5 Å². The van der Waals surface area contributed by atoms with E-state index in [1.807, 2.05) is 0 Å². The molecular formula is C20H18N2S2. The Morgan fingerprint density at radius 3 is 1.33 bits per heavy atom. The van der Waals surface area contributed by atoms with Gasteiger partial charge in [-0.1, -0.05) is 85.1 Å². The van der Waals surface area contributed by atoms with E-state index in [0.29, 0.717) is 0 Å². The van der Waals surface area contributed by atoms with Gasteiger partial charge in [0.25, 0.3) is 0 Å². The molecule has 2 heterocycles. The molecule has 0 radical (unpaired) electrons. The minimum Gasteiger partial charge on any atom is -0.223 e. The molecule has 0 saturated heterocycles. The zero-order valence-corrected chi connectivity index (χ0v) is 15.4. The summed E-state index contributed by atoms with van der Waals surface area (Å²) in [6, 6.07) is 17.4. The monoisotopic (exact) mass is 350 g/mol. The van der Waals surface area contributed by atoms with Crippen LogP contribution in [0, 0.1) is 0 Å². The number of nitrogens with zero attached hydrogens (tertiary/aromatic N) is 2. The number of benzene rings is 2. The number of hydrogen-bond donors (Lipinski definition) is 0. The molecule has 120 valence electrons. The lowest BCUT2D eigenvalue weighted by molar-refractivity contribution is 1.14. The summed E-state index contributed by atoms with van der Waals surface area (Å²) in [6.45, 7) is 4.35. The fraction of sp³-hybridized carbons (Fsp3) is 0.200. The maximum Gasteiger partial charge on any atom is 0.155 e. The first kappa shape index (κ1) is 15.5. The van der Waals surface area contributed by atoms with Crippen LogP contribution in [-0.4, -0.2) is 9.97 Å². The van der Waals surface area contributed by atoms with E-state index in [-0.39, 0.29) is 0 Å². The van der Waals surface area contributed by atoms with E-state index < -0.39 is 0 Å². The lowest BCUT2D eigenvalue weighted by Gasteiger charge is -1.99. The summed E-state index contributed by atoms with van der Waals surface area (Å²) < 4.78 is 0. The van der Waals surface area contributed by atoms with Gasteiger partial charge in [-0.05, 0) is 24.0 Å². The van der Waals surface area contributed by atoms with Gasteiger partial charge in [0.2, 0.25) is 0 Å². The standard InChI is InChI=1S/C20H18N2S2/c1-3-13-5-9-15(10-6-13)17-21-19-20(23-17)22-18(24-19)16-11-7-14(4-2)8-12-16/h5-12H,3-4H2,1-2H3. The van der Waals surface area contributed by atoms with Gasteiger partial charge in [0, 0.05) is 11.1 Å². The molecule has 0 saturated carbocycles. The van der Waals surface area contributed by atoms with Gasteiger partial charge in [-0.2, -0.15) is 0 Å². The fourth-order valence-electron chi connectivity index (χ4n) is 2.65. The number of aryl methyl sites for hydroxylation is 2. The van der Waals surface area contributed by atoms with E-state index in [2.05, 4.69) is 62.4 Å². The van der Waals surface area contributed by atoms with Gasteiger partial charge < -0.3 is 0 Å². The SMILES string of the molecule is CCc1ccc(-c2nc3sc(-c4ccc(CC)cc4)nc3s2)cc1. The van der Waals surface area contributed by atoms with Crippen LogP contribution in [0.1, 0.15) is 25.0 Å². The topological polar surface area (TPSA) is 25.8 Å². The molecule has 0 bridgehead atoms. The molecule has 2 nitrogen and oxygen atoms in total. The average Bonchev–Trinajstić information content (AvgIpc) is 3.21. The molecule has 2 aromatic carbocycles. The Morgan fingerprint density at radius 1 is 0.625 bits per heavy atom. The van der Waals surface area contributed by atoms with E-state index in [1.165, 1.54) is 22.3 Å². The summed E-state index contributed by atoms with van der Waals surface area (Å²) in [7, 11) is 0. The highest BCUT2D eigenvalue weighted by molar-refractivity contribution is 7.29. The molecule has 4 rings (SSSR count). The van der Waals surface area contributed by atoms with E-state index in [9.17, 15) is 0 Å².